The van der Waals surface area contributed by atoms with Gasteiger partial charge in [0, 0.05) is 12.6 Å². The molecule has 1 unspecified atom stereocenters. The number of hydrogen-bond acceptors (Lipinski definition) is 5. The molecule has 1 atom stereocenters. The first kappa shape index (κ1) is 14.3. The van der Waals surface area contributed by atoms with Crippen LogP contribution in [-0.4, -0.2) is 51.9 Å². The first-order chi connectivity index (χ1) is 8.40. The lowest BCUT2D eigenvalue weighted by atomic mass is 10.2. The fourth-order valence-electron chi connectivity index (χ4n) is 1.47. The summed E-state index contributed by atoms with van der Waals surface area (Å²) in [6.45, 7) is 2.43. The molecule has 0 bridgehead atoms. The first-order valence-electron chi connectivity index (χ1n) is 5.62. The Labute approximate surface area is 105 Å². The first-order valence-corrected chi connectivity index (χ1v) is 5.62. The molecule has 0 aromatic carbocycles. The van der Waals surface area contributed by atoms with Crippen LogP contribution in [0.5, 0.6) is 0 Å². The van der Waals surface area contributed by atoms with Crippen LogP contribution >= 0.6 is 0 Å². The Kier molecular flexibility index (Phi) is 4.99. The number of aromatic amines is 1. The lowest BCUT2D eigenvalue weighted by Gasteiger charge is -2.15. The van der Waals surface area contributed by atoms with Crippen LogP contribution in [0.25, 0.3) is 0 Å². The van der Waals surface area contributed by atoms with Crippen LogP contribution < -0.4 is 0 Å². The van der Waals surface area contributed by atoms with Crippen LogP contribution in [0.1, 0.15) is 23.8 Å². The number of aliphatic hydroxyl groups is 1. The number of aliphatic hydroxyl groups excluding tert-OH is 1. The molecule has 1 heterocycles. The van der Waals surface area contributed by atoms with E-state index in [-0.39, 0.29) is 23.7 Å². The number of Topliss-reactive ketones (excluding diaryl/α,β-unsaturated/α-hetero) is 1. The van der Waals surface area contributed by atoms with Gasteiger partial charge >= 0.3 is 0 Å². The molecule has 0 aliphatic rings. The van der Waals surface area contributed by atoms with Gasteiger partial charge in [-0.15, -0.1) is 0 Å². The van der Waals surface area contributed by atoms with E-state index in [2.05, 4.69) is 4.98 Å². The molecule has 7 nitrogen and oxygen atoms in total. The van der Waals surface area contributed by atoms with Crippen molar-refractivity contribution in [3.8, 4) is 0 Å². The van der Waals surface area contributed by atoms with Gasteiger partial charge in [-0.1, -0.05) is 0 Å². The number of aromatic nitrogens is 1. The summed E-state index contributed by atoms with van der Waals surface area (Å²) in [5, 5.41) is 19.6. The van der Waals surface area contributed by atoms with Crippen LogP contribution in [0.4, 0.5) is 5.69 Å². The minimum Gasteiger partial charge on any atom is -0.393 e. The molecule has 1 aromatic rings. The van der Waals surface area contributed by atoms with Crippen molar-refractivity contribution in [1.82, 2.24) is 9.88 Å². The smallest absolute Gasteiger partial charge is 0.287 e. The fraction of sp³-hybridized carbons (Fsp3) is 0.545. The molecule has 1 rings (SSSR count). The molecule has 0 saturated carbocycles. The quantitative estimate of drug-likeness (QED) is 0.426. The van der Waals surface area contributed by atoms with E-state index in [9.17, 15) is 14.9 Å². The van der Waals surface area contributed by atoms with Crippen molar-refractivity contribution in [2.75, 3.05) is 20.1 Å². The highest BCUT2D eigenvalue weighted by molar-refractivity contribution is 5.96. The van der Waals surface area contributed by atoms with Gasteiger partial charge in [-0.05, 0) is 20.4 Å². The van der Waals surface area contributed by atoms with E-state index in [1.54, 1.807) is 18.9 Å². The third-order valence-electron chi connectivity index (χ3n) is 2.52. The van der Waals surface area contributed by atoms with Crippen LogP contribution in [0, 0.1) is 10.1 Å². The molecular weight excluding hydrogens is 238 g/mol. The summed E-state index contributed by atoms with van der Waals surface area (Å²) in [4.78, 5) is 26.1. The average Bonchev–Trinajstić information content (AvgIpc) is 2.75. The average molecular weight is 255 g/mol. The third-order valence-corrected chi connectivity index (χ3v) is 2.52. The number of H-pyrrole nitrogens is 1. The maximum absolute atomic E-state index is 11.8. The Bertz CT molecular complexity index is 428. The van der Waals surface area contributed by atoms with E-state index >= 15 is 0 Å². The van der Waals surface area contributed by atoms with E-state index in [1.165, 1.54) is 12.3 Å². The van der Waals surface area contributed by atoms with Gasteiger partial charge in [0.15, 0.2) is 5.78 Å². The number of likely N-dealkylation sites (N-methyl/N-ethyl adjacent to an activating group) is 1. The van der Waals surface area contributed by atoms with Gasteiger partial charge in [-0.2, -0.15) is 0 Å². The number of hydrogen-bond donors (Lipinski definition) is 2. The van der Waals surface area contributed by atoms with E-state index < -0.39 is 11.0 Å². The van der Waals surface area contributed by atoms with Gasteiger partial charge in [0.05, 0.1) is 29.5 Å². The lowest BCUT2D eigenvalue weighted by Crippen LogP contribution is -2.28. The second-order valence-electron chi connectivity index (χ2n) is 4.33. The number of ketones is 1. The zero-order valence-electron chi connectivity index (χ0n) is 10.4. The second kappa shape index (κ2) is 6.27. The fourth-order valence-corrected chi connectivity index (χ4v) is 1.47. The van der Waals surface area contributed by atoms with E-state index in [4.69, 9.17) is 5.11 Å². The van der Waals surface area contributed by atoms with Crippen molar-refractivity contribution in [2.45, 2.75) is 19.4 Å². The molecule has 1 aromatic heterocycles. The van der Waals surface area contributed by atoms with Gasteiger partial charge in [0.1, 0.15) is 0 Å². The lowest BCUT2D eigenvalue weighted by molar-refractivity contribution is -0.384. The molecule has 0 radical (unpaired) electrons. The van der Waals surface area contributed by atoms with Crippen molar-refractivity contribution in [3.63, 3.8) is 0 Å². The number of nitrogens with zero attached hydrogens (tertiary/aromatic N) is 2. The number of nitrogens with one attached hydrogen (secondary N) is 1. The number of carbonyl (C=O) groups is 1. The SMILES string of the molecule is CC(O)CCN(C)CC(=O)c1cc([N+](=O)[O-])c[nH]1. The molecule has 0 aliphatic heterocycles. The molecule has 7 heteroatoms. The zero-order chi connectivity index (χ0) is 13.7. The van der Waals surface area contributed by atoms with Crippen molar-refractivity contribution in [1.29, 1.82) is 0 Å². The molecule has 100 valence electrons. The number of rotatable bonds is 7. The summed E-state index contributed by atoms with van der Waals surface area (Å²) in [7, 11) is 1.76. The second-order valence-corrected chi connectivity index (χ2v) is 4.33. The van der Waals surface area contributed by atoms with Crippen molar-refractivity contribution < 1.29 is 14.8 Å². The Morgan fingerprint density at radius 1 is 1.67 bits per heavy atom. The van der Waals surface area contributed by atoms with Gasteiger partial charge in [0.25, 0.3) is 5.69 Å². The summed E-state index contributed by atoms with van der Waals surface area (Å²) in [6, 6.07) is 1.23. The molecular formula is C11H17N3O4. The Hall–Kier alpha value is -1.73. The predicted octanol–water partition coefficient (Wildman–Crippen LogP) is 0.808. The molecule has 0 fully saturated rings. The highest BCUT2D eigenvalue weighted by atomic mass is 16.6. The minimum absolute atomic E-state index is 0.120. The van der Waals surface area contributed by atoms with Crippen LogP contribution in [0.15, 0.2) is 12.3 Å². The summed E-state index contributed by atoms with van der Waals surface area (Å²) in [6.07, 6.45) is 1.37. The van der Waals surface area contributed by atoms with Gasteiger partial charge in [-0.25, -0.2) is 0 Å². The Balaban J connectivity index is 2.51. The monoisotopic (exact) mass is 255 g/mol. The number of nitro groups is 1. The van der Waals surface area contributed by atoms with Crippen molar-refractivity contribution in [2.24, 2.45) is 0 Å². The van der Waals surface area contributed by atoms with E-state index in [0.29, 0.717) is 13.0 Å². The summed E-state index contributed by atoms with van der Waals surface area (Å²) in [5.74, 6) is -0.212. The van der Waals surface area contributed by atoms with Crippen LogP contribution in [0.3, 0.4) is 0 Å². The molecule has 18 heavy (non-hydrogen) atoms. The molecule has 0 aliphatic carbocycles. The van der Waals surface area contributed by atoms with Crippen LogP contribution in [0.2, 0.25) is 0 Å². The maximum atomic E-state index is 11.8. The standard InChI is InChI=1S/C11H17N3O4/c1-8(15)3-4-13(2)7-11(16)10-5-9(6-12-10)14(17)18/h5-6,8,12,15H,3-4,7H2,1-2H3. The zero-order valence-corrected chi connectivity index (χ0v) is 10.4. The predicted molar refractivity (Wildman–Crippen MR) is 65.6 cm³/mol. The molecule has 0 spiro atoms. The van der Waals surface area contributed by atoms with Crippen molar-refractivity contribution in [3.05, 3.63) is 28.1 Å². The van der Waals surface area contributed by atoms with Crippen LogP contribution in [-0.2, 0) is 0 Å². The Morgan fingerprint density at radius 3 is 2.83 bits per heavy atom. The minimum atomic E-state index is -0.551. The summed E-state index contributed by atoms with van der Waals surface area (Å²) in [5.41, 5.74) is 0.107. The normalized spacial score (nSPS) is 12.7. The largest absolute Gasteiger partial charge is 0.393 e. The number of carbonyl (C=O) groups excluding carboxylic acids is 1. The molecule has 0 saturated heterocycles. The molecule has 2 N–H and O–H groups in total. The third kappa shape index (κ3) is 4.27. The molecule has 0 amide bonds. The van der Waals surface area contributed by atoms with E-state index in [1.807, 2.05) is 0 Å². The van der Waals surface area contributed by atoms with Crippen molar-refractivity contribution >= 4 is 11.5 Å². The topological polar surface area (TPSA) is 99.5 Å². The van der Waals surface area contributed by atoms with Gasteiger partial charge in [-0.3, -0.25) is 19.8 Å². The van der Waals surface area contributed by atoms with Gasteiger partial charge < -0.3 is 10.1 Å². The van der Waals surface area contributed by atoms with E-state index in [0.717, 1.165) is 0 Å². The summed E-state index contributed by atoms with van der Waals surface area (Å²) < 4.78 is 0. The Morgan fingerprint density at radius 2 is 2.33 bits per heavy atom. The summed E-state index contributed by atoms with van der Waals surface area (Å²) >= 11 is 0. The highest BCUT2D eigenvalue weighted by Crippen LogP contribution is 2.12. The highest BCUT2D eigenvalue weighted by Gasteiger charge is 2.15. The maximum Gasteiger partial charge on any atom is 0.287 e. The van der Waals surface area contributed by atoms with Gasteiger partial charge in [0.2, 0.25) is 0 Å².